The van der Waals surface area contributed by atoms with Crippen LogP contribution in [0.4, 0.5) is 5.69 Å². The molecule has 1 aliphatic rings. The van der Waals surface area contributed by atoms with Crippen LogP contribution in [-0.2, 0) is 15.6 Å². The van der Waals surface area contributed by atoms with Crippen molar-refractivity contribution >= 4 is 39.2 Å². The zero-order valence-corrected chi connectivity index (χ0v) is 17.1. The van der Waals surface area contributed by atoms with Crippen molar-refractivity contribution in [2.75, 3.05) is 18.1 Å². The van der Waals surface area contributed by atoms with Crippen LogP contribution < -0.4 is 10.6 Å². The fourth-order valence-corrected chi connectivity index (χ4v) is 4.75. The van der Waals surface area contributed by atoms with E-state index in [0.717, 1.165) is 9.87 Å². The molecule has 1 saturated heterocycles. The first-order valence-corrected chi connectivity index (χ1v) is 10.4. The number of halogens is 1. The summed E-state index contributed by atoms with van der Waals surface area (Å²) in [6.07, 6.45) is 1.60. The Kier molecular flexibility index (Phi) is 5.07. The topological polar surface area (TPSA) is 115 Å². The Labute approximate surface area is 168 Å². The number of sulfonamides is 1. The second-order valence-electron chi connectivity index (χ2n) is 6.90. The molecule has 10 heteroatoms. The maximum Gasteiger partial charge on any atom is 0.274 e. The Morgan fingerprint density at radius 2 is 2.07 bits per heavy atom. The van der Waals surface area contributed by atoms with Crippen LogP contribution in [0.3, 0.4) is 0 Å². The number of aromatic nitrogens is 1. The van der Waals surface area contributed by atoms with Gasteiger partial charge in [0.05, 0.1) is 11.3 Å². The van der Waals surface area contributed by atoms with Gasteiger partial charge in [-0.05, 0) is 49.2 Å². The molecule has 0 aliphatic carbocycles. The minimum absolute atomic E-state index is 0.247. The number of amides is 1. The van der Waals surface area contributed by atoms with Crippen LogP contribution in [0.1, 0.15) is 28.5 Å². The summed E-state index contributed by atoms with van der Waals surface area (Å²) in [4.78, 5) is 16.5. The van der Waals surface area contributed by atoms with E-state index in [1.165, 1.54) is 7.05 Å². The Bertz CT molecular complexity index is 1060. The van der Waals surface area contributed by atoms with Gasteiger partial charge in [0.25, 0.3) is 5.91 Å². The molecule has 1 amide bonds. The Morgan fingerprint density at radius 1 is 1.36 bits per heavy atom. The Hall–Kier alpha value is -2.65. The van der Waals surface area contributed by atoms with Crippen LogP contribution >= 0.6 is 11.6 Å². The molecule has 2 aromatic rings. The molecule has 1 aromatic carbocycles. The highest BCUT2D eigenvalue weighted by Gasteiger charge is 2.43. The quantitative estimate of drug-likeness (QED) is 0.703. The third kappa shape index (κ3) is 3.81. The molecule has 3 rings (SSSR count). The summed E-state index contributed by atoms with van der Waals surface area (Å²) in [6, 6.07) is 8.21. The van der Waals surface area contributed by atoms with Crippen molar-refractivity contribution in [1.82, 2.24) is 14.6 Å². The maximum absolute atomic E-state index is 12.4. The summed E-state index contributed by atoms with van der Waals surface area (Å²) < 4.78 is 25.7. The van der Waals surface area contributed by atoms with E-state index in [0.29, 0.717) is 16.3 Å². The predicted octanol–water partition coefficient (Wildman–Crippen LogP) is 2.31. The molecule has 0 spiro atoms. The molecule has 0 saturated carbocycles. The molecular formula is C18H20ClN5O3S. The smallest absolute Gasteiger partial charge is 0.274 e. The molecule has 1 atom stereocenters. The standard InChI is InChI=1S/C18H20ClN5O3S/c1-11-4-7-15(21-9-11)16(25)22-12-5-6-14(19)13(8-12)18(2)10-28(26,27)24(3)17(20)23-18/h4-9H,10H2,1-3H3,(H2,20,23)(H,22,25)/t18-/m0/s1. The Morgan fingerprint density at radius 3 is 2.68 bits per heavy atom. The van der Waals surface area contributed by atoms with Crippen molar-refractivity contribution in [3.05, 3.63) is 58.4 Å². The van der Waals surface area contributed by atoms with E-state index in [9.17, 15) is 13.2 Å². The summed E-state index contributed by atoms with van der Waals surface area (Å²) in [7, 11) is -2.36. The van der Waals surface area contributed by atoms with Gasteiger partial charge in [-0.1, -0.05) is 17.7 Å². The van der Waals surface area contributed by atoms with Gasteiger partial charge in [-0.15, -0.1) is 0 Å². The number of pyridine rings is 1. The first kappa shape index (κ1) is 20.1. The van der Waals surface area contributed by atoms with Crippen LogP contribution in [0.25, 0.3) is 0 Å². The molecule has 148 valence electrons. The summed E-state index contributed by atoms with van der Waals surface area (Å²) in [5.74, 6) is -0.923. The lowest BCUT2D eigenvalue weighted by atomic mass is 9.93. The lowest BCUT2D eigenvalue weighted by Gasteiger charge is -2.40. The first-order chi connectivity index (χ1) is 13.0. The number of hydrogen-bond donors (Lipinski definition) is 3. The number of hydrogen-bond acceptors (Lipinski definition) is 5. The number of nitrogens with one attached hydrogen (secondary N) is 3. The van der Waals surface area contributed by atoms with E-state index in [1.807, 2.05) is 6.92 Å². The van der Waals surface area contributed by atoms with Gasteiger partial charge in [0, 0.05) is 24.0 Å². The van der Waals surface area contributed by atoms with Crippen molar-refractivity contribution in [1.29, 1.82) is 5.41 Å². The Balaban J connectivity index is 1.92. The molecule has 1 aliphatic heterocycles. The summed E-state index contributed by atoms with van der Waals surface area (Å²) >= 11 is 6.32. The van der Waals surface area contributed by atoms with Gasteiger partial charge in [0.1, 0.15) is 5.69 Å². The monoisotopic (exact) mass is 421 g/mol. The van der Waals surface area contributed by atoms with Gasteiger partial charge in [0.15, 0.2) is 0 Å². The number of carbonyl (C=O) groups excluding carboxylic acids is 1. The van der Waals surface area contributed by atoms with Crippen molar-refractivity contribution in [3.8, 4) is 0 Å². The SMILES string of the molecule is Cc1ccc(C(=O)Nc2ccc(Cl)c([C@]3(C)CS(=O)(=O)N(C)C(=N)N3)c2)nc1. The van der Waals surface area contributed by atoms with Crippen molar-refractivity contribution in [2.24, 2.45) is 0 Å². The molecule has 8 nitrogen and oxygen atoms in total. The van der Waals surface area contributed by atoms with Crippen LogP contribution in [0.5, 0.6) is 0 Å². The molecule has 2 heterocycles. The highest BCUT2D eigenvalue weighted by molar-refractivity contribution is 7.89. The second-order valence-corrected chi connectivity index (χ2v) is 9.31. The van der Waals surface area contributed by atoms with Gasteiger partial charge in [-0.25, -0.2) is 12.7 Å². The van der Waals surface area contributed by atoms with E-state index in [-0.39, 0.29) is 17.4 Å². The molecular weight excluding hydrogens is 402 g/mol. The average molecular weight is 422 g/mol. The van der Waals surface area contributed by atoms with Gasteiger partial charge in [0.2, 0.25) is 16.0 Å². The second kappa shape index (κ2) is 7.06. The van der Waals surface area contributed by atoms with Gasteiger partial charge in [-0.3, -0.25) is 15.2 Å². The summed E-state index contributed by atoms with van der Waals surface area (Å²) in [6.45, 7) is 3.53. The van der Waals surface area contributed by atoms with Gasteiger partial charge >= 0.3 is 0 Å². The van der Waals surface area contributed by atoms with E-state index in [1.54, 1.807) is 43.5 Å². The van der Waals surface area contributed by atoms with E-state index in [4.69, 9.17) is 17.0 Å². The number of nitrogens with zero attached hydrogens (tertiary/aromatic N) is 2. The molecule has 0 unspecified atom stereocenters. The molecule has 1 fully saturated rings. The molecule has 28 heavy (non-hydrogen) atoms. The number of aryl methyl sites for hydroxylation is 1. The van der Waals surface area contributed by atoms with Crippen molar-refractivity contribution < 1.29 is 13.2 Å². The molecule has 0 bridgehead atoms. The summed E-state index contributed by atoms with van der Waals surface area (Å²) in [5, 5.41) is 13.9. The van der Waals surface area contributed by atoms with Crippen molar-refractivity contribution in [2.45, 2.75) is 19.4 Å². The normalized spacial score (nSPS) is 21.1. The highest BCUT2D eigenvalue weighted by Crippen LogP contribution is 2.34. The molecule has 1 aromatic heterocycles. The highest BCUT2D eigenvalue weighted by atomic mass is 35.5. The van der Waals surface area contributed by atoms with Crippen LogP contribution in [0.2, 0.25) is 5.02 Å². The van der Waals surface area contributed by atoms with Crippen LogP contribution in [0.15, 0.2) is 36.5 Å². The molecule has 0 radical (unpaired) electrons. The minimum Gasteiger partial charge on any atom is -0.345 e. The largest absolute Gasteiger partial charge is 0.345 e. The number of guanidine groups is 1. The predicted molar refractivity (Wildman–Crippen MR) is 108 cm³/mol. The first-order valence-electron chi connectivity index (χ1n) is 8.39. The third-order valence-corrected chi connectivity index (χ3v) is 6.85. The van der Waals surface area contributed by atoms with E-state index < -0.39 is 21.5 Å². The zero-order chi connectivity index (χ0) is 20.7. The molecule has 3 N–H and O–H groups in total. The zero-order valence-electron chi connectivity index (χ0n) is 15.6. The minimum atomic E-state index is -3.68. The lowest BCUT2D eigenvalue weighted by molar-refractivity contribution is 0.102. The third-order valence-electron chi connectivity index (χ3n) is 4.56. The van der Waals surface area contributed by atoms with Crippen LogP contribution in [0, 0.1) is 12.3 Å². The fraction of sp³-hybridized carbons (Fsp3) is 0.278. The number of anilines is 1. The van der Waals surface area contributed by atoms with Gasteiger partial charge < -0.3 is 10.6 Å². The van der Waals surface area contributed by atoms with E-state index >= 15 is 0 Å². The van der Waals surface area contributed by atoms with Crippen LogP contribution in [-0.4, -0.2) is 42.4 Å². The fourth-order valence-electron chi connectivity index (χ4n) is 2.95. The maximum atomic E-state index is 12.4. The van der Waals surface area contributed by atoms with Gasteiger partial charge in [-0.2, -0.15) is 0 Å². The number of benzene rings is 1. The summed E-state index contributed by atoms with van der Waals surface area (Å²) in [5.41, 5.74) is 0.982. The number of carbonyl (C=O) groups is 1. The van der Waals surface area contributed by atoms with Crippen molar-refractivity contribution in [3.63, 3.8) is 0 Å². The number of rotatable bonds is 3. The van der Waals surface area contributed by atoms with E-state index in [2.05, 4.69) is 15.6 Å². The lowest BCUT2D eigenvalue weighted by Crippen LogP contribution is -2.60. The average Bonchev–Trinajstić information content (AvgIpc) is 2.61.